The van der Waals surface area contributed by atoms with Crippen LogP contribution in [-0.4, -0.2) is 44.3 Å². The van der Waals surface area contributed by atoms with Gasteiger partial charge in [-0.05, 0) is 55.8 Å². The number of unbranched alkanes of at least 4 members (excludes halogenated alkanes) is 1. The molecule has 176 valence electrons. The number of aryl methyl sites for hydroxylation is 2. The molecule has 5 nitrogen and oxygen atoms in total. The van der Waals surface area contributed by atoms with E-state index in [1.54, 1.807) is 23.5 Å². The quantitative estimate of drug-likeness (QED) is 0.446. The van der Waals surface area contributed by atoms with Crippen LogP contribution in [0.1, 0.15) is 42.4 Å². The molecule has 3 atom stereocenters. The Hall–Kier alpha value is -2.26. The van der Waals surface area contributed by atoms with Crippen molar-refractivity contribution in [1.29, 1.82) is 0 Å². The maximum absolute atomic E-state index is 12.9. The summed E-state index contributed by atoms with van der Waals surface area (Å²) < 4.78 is 40.9. The summed E-state index contributed by atoms with van der Waals surface area (Å²) in [5, 5.41) is 8.75. The number of hydrogen-bond acceptors (Lipinski definition) is 5. The molecule has 3 aromatic rings. The number of nitrogens with zero attached hydrogens (tertiary/aromatic N) is 5. The van der Waals surface area contributed by atoms with Crippen LogP contribution >= 0.6 is 11.3 Å². The number of fused-ring (bicyclic) bond motifs is 1. The molecular weight excluding hydrogens is 447 g/mol. The van der Waals surface area contributed by atoms with Crippen LogP contribution in [-0.2, 0) is 25.1 Å². The molecule has 5 rings (SSSR count). The Morgan fingerprint density at radius 3 is 2.58 bits per heavy atom. The minimum Gasteiger partial charge on any atom is -0.313 e. The molecule has 0 bridgehead atoms. The monoisotopic (exact) mass is 475 g/mol. The highest BCUT2D eigenvalue weighted by Crippen LogP contribution is 2.63. The Balaban J connectivity index is 1.15. The van der Waals surface area contributed by atoms with Gasteiger partial charge in [0, 0.05) is 32.0 Å². The lowest BCUT2D eigenvalue weighted by atomic mass is 9.92. The minimum atomic E-state index is -4.28. The van der Waals surface area contributed by atoms with E-state index in [4.69, 9.17) is 0 Å². The second-order valence-electron chi connectivity index (χ2n) is 9.47. The number of piperidine rings is 1. The van der Waals surface area contributed by atoms with Gasteiger partial charge in [-0.3, -0.25) is 0 Å². The Bertz CT molecular complexity index is 1140. The van der Waals surface area contributed by atoms with Crippen molar-refractivity contribution in [2.24, 2.45) is 18.9 Å². The molecule has 9 heteroatoms. The number of benzene rings is 1. The first kappa shape index (κ1) is 22.5. The first-order valence-corrected chi connectivity index (χ1v) is 12.3. The fourth-order valence-corrected chi connectivity index (χ4v) is 6.46. The Labute approximate surface area is 195 Å². The van der Waals surface area contributed by atoms with Gasteiger partial charge < -0.3 is 9.47 Å². The predicted octanol–water partition coefficient (Wildman–Crippen LogP) is 5.11. The van der Waals surface area contributed by atoms with Crippen LogP contribution in [0.5, 0.6) is 0 Å². The van der Waals surface area contributed by atoms with Gasteiger partial charge in [0.2, 0.25) is 0 Å². The zero-order chi connectivity index (χ0) is 23.4. The lowest BCUT2D eigenvalue weighted by Gasteiger charge is -2.23. The fraction of sp³-hybridized carbons (Fsp3) is 0.542. The van der Waals surface area contributed by atoms with Gasteiger partial charge in [-0.2, -0.15) is 13.2 Å². The van der Waals surface area contributed by atoms with E-state index in [1.807, 2.05) is 19.5 Å². The molecule has 3 heterocycles. The van der Waals surface area contributed by atoms with Crippen LogP contribution in [0, 0.1) is 18.8 Å². The third-order valence-electron chi connectivity index (χ3n) is 7.70. The number of thiazole rings is 1. The maximum atomic E-state index is 12.9. The summed E-state index contributed by atoms with van der Waals surface area (Å²) in [7, 11) is 2.01. The van der Waals surface area contributed by atoms with E-state index >= 15 is 0 Å². The van der Waals surface area contributed by atoms with E-state index in [-0.39, 0.29) is 5.41 Å². The van der Waals surface area contributed by atoms with E-state index in [0.29, 0.717) is 11.8 Å². The van der Waals surface area contributed by atoms with Crippen molar-refractivity contribution in [3.05, 3.63) is 52.4 Å². The number of rotatable bonds is 7. The van der Waals surface area contributed by atoms with E-state index in [0.717, 1.165) is 66.7 Å². The van der Waals surface area contributed by atoms with Crippen molar-refractivity contribution in [2.45, 2.75) is 44.7 Å². The topological polar surface area (TPSA) is 46.8 Å². The first-order chi connectivity index (χ1) is 15.7. The van der Waals surface area contributed by atoms with Crippen molar-refractivity contribution in [1.82, 2.24) is 24.6 Å². The molecule has 1 aromatic carbocycles. The number of alkyl halides is 3. The smallest absolute Gasteiger partial charge is 0.313 e. The van der Waals surface area contributed by atoms with Crippen molar-refractivity contribution in [3.63, 3.8) is 0 Å². The van der Waals surface area contributed by atoms with Crippen LogP contribution in [0.3, 0.4) is 0 Å². The fourth-order valence-electron chi connectivity index (χ4n) is 5.64. The predicted molar refractivity (Wildman–Crippen MR) is 122 cm³/mol. The molecule has 33 heavy (non-hydrogen) atoms. The third-order valence-corrected chi connectivity index (χ3v) is 8.62. The zero-order valence-electron chi connectivity index (χ0n) is 19.1. The van der Waals surface area contributed by atoms with Crippen LogP contribution in [0.25, 0.3) is 10.7 Å². The SMILES string of the molecule is Cc1ncsc1-c1nnc(CCCCN2C[C@@H]3[C@H](C)[C@]3(c3ccc(C(F)(F)F)cc3)C2)n1C. The van der Waals surface area contributed by atoms with Crippen LogP contribution in [0.15, 0.2) is 29.8 Å². The minimum absolute atomic E-state index is 0.0230. The van der Waals surface area contributed by atoms with Gasteiger partial charge in [-0.15, -0.1) is 21.5 Å². The van der Waals surface area contributed by atoms with Gasteiger partial charge in [0.1, 0.15) is 5.82 Å². The number of aromatic nitrogens is 4. The Kier molecular flexibility index (Phi) is 5.60. The van der Waals surface area contributed by atoms with Crippen molar-refractivity contribution in [3.8, 4) is 10.7 Å². The summed E-state index contributed by atoms with van der Waals surface area (Å²) in [4.78, 5) is 7.84. The molecule has 1 aliphatic heterocycles. The molecule has 2 aromatic heterocycles. The highest BCUT2D eigenvalue weighted by Gasteiger charge is 2.66. The largest absolute Gasteiger partial charge is 0.416 e. The van der Waals surface area contributed by atoms with Gasteiger partial charge in [0.05, 0.1) is 21.6 Å². The zero-order valence-corrected chi connectivity index (χ0v) is 19.9. The van der Waals surface area contributed by atoms with Crippen LogP contribution < -0.4 is 0 Å². The standard InChI is InChI=1S/C24H28F3N5S/c1-15-19-12-32(13-23(15,19)17-7-9-18(10-8-17)24(25,26)27)11-5-4-6-20-29-30-22(31(20)3)21-16(2)28-14-33-21/h7-10,14-15,19H,4-6,11-13H2,1-3H3/t15-,19+,23-/m0/s1. The van der Waals surface area contributed by atoms with E-state index in [9.17, 15) is 13.2 Å². The third kappa shape index (κ3) is 3.89. The number of halogens is 3. The first-order valence-electron chi connectivity index (χ1n) is 11.4. The second kappa shape index (κ2) is 8.20. The molecule has 0 spiro atoms. The van der Waals surface area contributed by atoms with E-state index < -0.39 is 11.7 Å². The maximum Gasteiger partial charge on any atom is 0.416 e. The molecule has 0 N–H and O–H groups in total. The van der Waals surface area contributed by atoms with Crippen LogP contribution in [0.4, 0.5) is 13.2 Å². The molecule has 0 unspecified atom stereocenters. The molecule has 2 fully saturated rings. The molecule has 0 amide bonds. The van der Waals surface area contributed by atoms with Gasteiger partial charge in [0.15, 0.2) is 5.82 Å². The summed E-state index contributed by atoms with van der Waals surface area (Å²) in [6.45, 7) is 7.18. The molecule has 1 saturated carbocycles. The summed E-state index contributed by atoms with van der Waals surface area (Å²) in [6, 6.07) is 5.86. The Morgan fingerprint density at radius 2 is 1.91 bits per heavy atom. The molecular formula is C24H28F3N5S. The lowest BCUT2D eigenvalue weighted by molar-refractivity contribution is -0.137. The summed E-state index contributed by atoms with van der Waals surface area (Å²) in [5.41, 5.74) is 3.32. The van der Waals surface area contributed by atoms with E-state index in [2.05, 4.69) is 31.6 Å². The van der Waals surface area contributed by atoms with E-state index in [1.165, 1.54) is 12.1 Å². The van der Waals surface area contributed by atoms with Gasteiger partial charge in [-0.25, -0.2) is 4.98 Å². The highest BCUT2D eigenvalue weighted by atomic mass is 32.1. The van der Waals surface area contributed by atoms with Crippen molar-refractivity contribution >= 4 is 11.3 Å². The summed E-state index contributed by atoms with van der Waals surface area (Å²) >= 11 is 1.58. The summed E-state index contributed by atoms with van der Waals surface area (Å²) in [6.07, 6.45) is -1.32. The molecule has 1 saturated heterocycles. The van der Waals surface area contributed by atoms with Gasteiger partial charge in [0.25, 0.3) is 0 Å². The van der Waals surface area contributed by atoms with Gasteiger partial charge >= 0.3 is 6.18 Å². The van der Waals surface area contributed by atoms with Gasteiger partial charge in [-0.1, -0.05) is 19.1 Å². The second-order valence-corrected chi connectivity index (χ2v) is 10.3. The molecule has 1 aliphatic carbocycles. The lowest BCUT2D eigenvalue weighted by Crippen LogP contribution is -2.29. The summed E-state index contributed by atoms with van der Waals surface area (Å²) in [5.74, 6) is 2.92. The number of hydrogen-bond donors (Lipinski definition) is 0. The Morgan fingerprint density at radius 1 is 1.15 bits per heavy atom. The molecule has 2 aliphatic rings. The van der Waals surface area contributed by atoms with Crippen molar-refractivity contribution < 1.29 is 13.2 Å². The average molecular weight is 476 g/mol. The van der Waals surface area contributed by atoms with Crippen LogP contribution in [0.2, 0.25) is 0 Å². The van der Waals surface area contributed by atoms with Crippen molar-refractivity contribution in [2.75, 3.05) is 19.6 Å². The normalized spacial score (nSPS) is 24.9. The highest BCUT2D eigenvalue weighted by molar-refractivity contribution is 7.13. The molecule has 0 radical (unpaired) electrons. The number of likely N-dealkylation sites (tertiary alicyclic amines) is 1. The average Bonchev–Trinajstić information content (AvgIpc) is 3.22.